The highest BCUT2D eigenvalue weighted by molar-refractivity contribution is 5.93. The Labute approximate surface area is 329 Å². The molecule has 1 aliphatic carbocycles. The van der Waals surface area contributed by atoms with Crippen molar-refractivity contribution in [1.29, 1.82) is 0 Å². The van der Waals surface area contributed by atoms with E-state index in [-0.39, 0.29) is 5.41 Å². The SMILES string of the molecule is CC1(C)c2cc(-c3ccc4ccccc4c3)ccc2-c2ccc(N(c3ccc(-c4ccccc4)cc3)c3ccccc3-c3ccc(-c4ccccc4)cc3)cc21. The summed E-state index contributed by atoms with van der Waals surface area (Å²) in [5.74, 6) is 0. The quantitative estimate of drug-likeness (QED) is 0.159. The predicted molar refractivity (Wildman–Crippen MR) is 238 cm³/mol. The number of benzene rings is 9. The summed E-state index contributed by atoms with van der Waals surface area (Å²) in [6, 6.07) is 77.6. The summed E-state index contributed by atoms with van der Waals surface area (Å²) in [6.07, 6.45) is 0. The number of para-hydroxylation sites is 1. The van der Waals surface area contributed by atoms with Crippen molar-refractivity contribution in [2.24, 2.45) is 0 Å². The first kappa shape index (κ1) is 33.6. The number of hydrogen-bond donors (Lipinski definition) is 0. The van der Waals surface area contributed by atoms with Crippen LogP contribution in [0.25, 0.3) is 66.4 Å². The molecule has 9 aromatic rings. The fourth-order valence-electron chi connectivity index (χ4n) is 8.66. The molecule has 1 heteroatoms. The average Bonchev–Trinajstić information content (AvgIpc) is 3.49. The van der Waals surface area contributed by atoms with Crippen molar-refractivity contribution in [2.75, 3.05) is 4.90 Å². The molecule has 9 aromatic carbocycles. The van der Waals surface area contributed by atoms with Gasteiger partial charge < -0.3 is 4.90 Å². The van der Waals surface area contributed by atoms with Crippen molar-refractivity contribution >= 4 is 27.8 Å². The van der Waals surface area contributed by atoms with E-state index in [0.717, 1.165) is 17.1 Å². The number of nitrogens with zero attached hydrogens (tertiary/aromatic N) is 1. The lowest BCUT2D eigenvalue weighted by molar-refractivity contribution is 0.660. The molecule has 0 heterocycles. The Bertz CT molecular complexity index is 2850. The van der Waals surface area contributed by atoms with Gasteiger partial charge in [0.25, 0.3) is 0 Å². The molecule has 0 bridgehead atoms. The van der Waals surface area contributed by atoms with Crippen molar-refractivity contribution < 1.29 is 0 Å². The van der Waals surface area contributed by atoms with Crippen LogP contribution < -0.4 is 4.90 Å². The number of anilines is 3. The molecular weight excluding hydrogens is 675 g/mol. The summed E-state index contributed by atoms with van der Waals surface area (Å²) >= 11 is 0. The van der Waals surface area contributed by atoms with Gasteiger partial charge in [0.05, 0.1) is 5.69 Å². The summed E-state index contributed by atoms with van der Waals surface area (Å²) in [4.78, 5) is 2.44. The van der Waals surface area contributed by atoms with E-state index in [4.69, 9.17) is 0 Å². The molecule has 0 saturated carbocycles. The maximum atomic E-state index is 2.44. The molecule has 1 aliphatic rings. The first-order valence-electron chi connectivity index (χ1n) is 19.5. The summed E-state index contributed by atoms with van der Waals surface area (Å²) in [6.45, 7) is 4.76. The van der Waals surface area contributed by atoms with Gasteiger partial charge in [-0.3, -0.25) is 0 Å². The van der Waals surface area contributed by atoms with Gasteiger partial charge in [0.1, 0.15) is 0 Å². The monoisotopic (exact) mass is 715 g/mol. The molecule has 1 nitrogen and oxygen atoms in total. The van der Waals surface area contributed by atoms with E-state index >= 15 is 0 Å². The fraction of sp³-hybridized carbons (Fsp3) is 0.0545. The second-order valence-electron chi connectivity index (χ2n) is 15.4. The van der Waals surface area contributed by atoms with Crippen LogP contribution in [0.5, 0.6) is 0 Å². The molecule has 0 N–H and O–H groups in total. The minimum Gasteiger partial charge on any atom is -0.310 e. The lowest BCUT2D eigenvalue weighted by atomic mass is 9.81. The Morgan fingerprint density at radius 1 is 0.304 bits per heavy atom. The van der Waals surface area contributed by atoms with Crippen molar-refractivity contribution in [1.82, 2.24) is 0 Å². The third kappa shape index (κ3) is 5.90. The Kier molecular flexibility index (Phi) is 8.23. The van der Waals surface area contributed by atoms with E-state index in [2.05, 4.69) is 231 Å². The molecule has 0 unspecified atom stereocenters. The molecule has 0 spiro atoms. The van der Waals surface area contributed by atoms with Crippen LogP contribution in [-0.4, -0.2) is 0 Å². The third-order valence-corrected chi connectivity index (χ3v) is 11.7. The molecule has 266 valence electrons. The minimum absolute atomic E-state index is 0.191. The van der Waals surface area contributed by atoms with Crippen molar-refractivity contribution in [3.63, 3.8) is 0 Å². The van der Waals surface area contributed by atoms with Gasteiger partial charge in [-0.2, -0.15) is 0 Å². The predicted octanol–water partition coefficient (Wildman–Crippen LogP) is 15.3. The van der Waals surface area contributed by atoms with Gasteiger partial charge in [-0.05, 0) is 114 Å². The largest absolute Gasteiger partial charge is 0.310 e. The van der Waals surface area contributed by atoms with Gasteiger partial charge in [0.15, 0.2) is 0 Å². The first-order valence-corrected chi connectivity index (χ1v) is 19.5. The zero-order valence-electron chi connectivity index (χ0n) is 31.7. The molecule has 0 aromatic heterocycles. The van der Waals surface area contributed by atoms with E-state index in [0.29, 0.717) is 0 Å². The Hall–Kier alpha value is -6.96. The highest BCUT2D eigenvalue weighted by Gasteiger charge is 2.36. The standard InChI is InChI=1S/C55H41N/c1-55(2)52-36-46(45-26-23-40-17-9-10-18-44(40)35-45)29-33-50(52)51-34-32-48(37-53(51)55)56(47-30-27-42(28-31-47)39-15-7-4-8-16-39)54-20-12-11-19-49(54)43-24-21-41(22-25-43)38-13-5-3-6-14-38/h3-37H,1-2H3. The third-order valence-electron chi connectivity index (χ3n) is 11.7. The Balaban J connectivity index is 1.08. The summed E-state index contributed by atoms with van der Waals surface area (Å²) in [7, 11) is 0. The molecule has 0 amide bonds. The van der Waals surface area contributed by atoms with E-state index in [9.17, 15) is 0 Å². The topological polar surface area (TPSA) is 3.24 Å². The van der Waals surface area contributed by atoms with Gasteiger partial charge in [-0.1, -0.05) is 184 Å². The van der Waals surface area contributed by atoms with Gasteiger partial charge in [-0.15, -0.1) is 0 Å². The van der Waals surface area contributed by atoms with Crippen LogP contribution in [0.1, 0.15) is 25.0 Å². The number of fused-ring (bicyclic) bond motifs is 4. The van der Waals surface area contributed by atoms with Crippen LogP contribution >= 0.6 is 0 Å². The maximum Gasteiger partial charge on any atom is 0.0540 e. The Morgan fingerprint density at radius 2 is 0.768 bits per heavy atom. The second-order valence-corrected chi connectivity index (χ2v) is 15.4. The van der Waals surface area contributed by atoms with E-state index in [1.54, 1.807) is 0 Å². The second kappa shape index (κ2) is 13.7. The van der Waals surface area contributed by atoms with Crippen LogP contribution in [0, 0.1) is 0 Å². The molecule has 10 rings (SSSR count). The normalized spacial score (nSPS) is 12.6. The average molecular weight is 716 g/mol. The molecule has 56 heavy (non-hydrogen) atoms. The zero-order chi connectivity index (χ0) is 37.6. The van der Waals surface area contributed by atoms with E-state index < -0.39 is 0 Å². The summed E-state index contributed by atoms with van der Waals surface area (Å²) in [5.41, 5.74) is 18.3. The van der Waals surface area contributed by atoms with E-state index in [1.807, 2.05) is 0 Å². The zero-order valence-corrected chi connectivity index (χ0v) is 31.7. The highest BCUT2D eigenvalue weighted by atomic mass is 15.1. The van der Waals surface area contributed by atoms with Gasteiger partial charge >= 0.3 is 0 Å². The summed E-state index contributed by atoms with van der Waals surface area (Å²) < 4.78 is 0. The first-order chi connectivity index (χ1) is 27.5. The van der Waals surface area contributed by atoms with Crippen molar-refractivity contribution in [3.8, 4) is 55.6 Å². The van der Waals surface area contributed by atoms with Crippen LogP contribution in [0.3, 0.4) is 0 Å². The minimum atomic E-state index is -0.191. The molecule has 0 atom stereocenters. The fourth-order valence-corrected chi connectivity index (χ4v) is 8.66. The van der Waals surface area contributed by atoms with Gasteiger partial charge in [0.2, 0.25) is 0 Å². The number of rotatable bonds is 7. The highest BCUT2D eigenvalue weighted by Crippen LogP contribution is 2.52. The molecule has 0 saturated heterocycles. The Morgan fingerprint density at radius 3 is 1.46 bits per heavy atom. The van der Waals surface area contributed by atoms with Crippen LogP contribution in [0.4, 0.5) is 17.1 Å². The molecular formula is C55H41N. The maximum absolute atomic E-state index is 2.44. The lowest BCUT2D eigenvalue weighted by Gasteiger charge is -2.30. The summed E-state index contributed by atoms with van der Waals surface area (Å²) in [5, 5.41) is 2.53. The molecule has 0 fully saturated rings. The number of hydrogen-bond acceptors (Lipinski definition) is 1. The van der Waals surface area contributed by atoms with Crippen molar-refractivity contribution in [3.05, 3.63) is 223 Å². The van der Waals surface area contributed by atoms with Crippen LogP contribution in [-0.2, 0) is 5.41 Å². The molecule has 0 radical (unpaired) electrons. The van der Waals surface area contributed by atoms with Gasteiger partial charge in [-0.25, -0.2) is 0 Å². The van der Waals surface area contributed by atoms with Crippen molar-refractivity contribution in [2.45, 2.75) is 19.3 Å². The molecule has 0 aliphatic heterocycles. The van der Waals surface area contributed by atoms with Crippen LogP contribution in [0.15, 0.2) is 212 Å². The van der Waals surface area contributed by atoms with Crippen LogP contribution in [0.2, 0.25) is 0 Å². The van der Waals surface area contributed by atoms with E-state index in [1.165, 1.54) is 77.5 Å². The lowest BCUT2D eigenvalue weighted by Crippen LogP contribution is -2.17. The smallest absolute Gasteiger partial charge is 0.0540 e. The van der Waals surface area contributed by atoms with Gasteiger partial charge in [0, 0.05) is 22.4 Å².